The highest BCUT2D eigenvalue weighted by Crippen LogP contribution is 2.26. The summed E-state index contributed by atoms with van der Waals surface area (Å²) >= 11 is 0. The number of H-pyrrole nitrogens is 1. The van der Waals surface area contributed by atoms with Crippen molar-refractivity contribution in [1.29, 1.82) is 0 Å². The second-order valence-corrected chi connectivity index (χ2v) is 9.78. The Labute approximate surface area is 211 Å². The third-order valence-electron chi connectivity index (χ3n) is 5.66. The first-order chi connectivity index (χ1) is 16.5. The molecule has 0 aliphatic rings. The number of rotatable bonds is 9. The highest BCUT2D eigenvalue weighted by Gasteiger charge is 2.29. The van der Waals surface area contributed by atoms with Gasteiger partial charge in [0.1, 0.15) is 4.90 Å². The van der Waals surface area contributed by atoms with Crippen LogP contribution in [0.25, 0.3) is 5.82 Å². The molecule has 7 nitrogen and oxygen atoms in total. The minimum absolute atomic E-state index is 0. The van der Waals surface area contributed by atoms with E-state index in [4.69, 9.17) is 0 Å². The van der Waals surface area contributed by atoms with Crippen LogP contribution in [0.15, 0.2) is 88.7 Å². The lowest BCUT2D eigenvalue weighted by Gasteiger charge is -2.23. The average Bonchev–Trinajstić information content (AvgIpc) is 3.16. The number of anilines is 1. The van der Waals surface area contributed by atoms with Gasteiger partial charge in [-0.25, -0.2) is 13.4 Å². The number of aryl methyl sites for hydroxylation is 1. The fourth-order valence-electron chi connectivity index (χ4n) is 4.06. The molecule has 184 valence electrons. The van der Waals surface area contributed by atoms with Crippen molar-refractivity contribution in [3.8, 4) is 5.82 Å². The lowest BCUT2D eigenvalue weighted by Crippen LogP contribution is -2.32. The van der Waals surface area contributed by atoms with Crippen molar-refractivity contribution >= 4 is 28.1 Å². The van der Waals surface area contributed by atoms with Gasteiger partial charge in [-0.3, -0.25) is 14.2 Å². The van der Waals surface area contributed by atoms with Gasteiger partial charge >= 0.3 is 0 Å². The Balaban J connectivity index is 0.00000342. The molecule has 4 rings (SSSR count). The van der Waals surface area contributed by atoms with E-state index in [0.29, 0.717) is 24.1 Å². The number of benzene rings is 2. The number of aromatic nitrogens is 3. The Morgan fingerprint density at radius 2 is 1.60 bits per heavy atom. The van der Waals surface area contributed by atoms with Gasteiger partial charge in [-0.2, -0.15) is 4.68 Å². The molecule has 2 aromatic heterocycles. The summed E-state index contributed by atoms with van der Waals surface area (Å²) in [5.74, 6) is 0.0681. The van der Waals surface area contributed by atoms with E-state index in [-0.39, 0.29) is 35.2 Å². The van der Waals surface area contributed by atoms with Gasteiger partial charge in [0.05, 0.1) is 5.69 Å². The topological polar surface area (TPSA) is 88.1 Å². The maximum Gasteiger partial charge on any atom is 0.276 e. The second-order valence-electron chi connectivity index (χ2n) is 7.95. The molecule has 0 atom stereocenters. The first kappa shape index (κ1) is 26.2. The number of halogens is 1. The highest BCUT2D eigenvalue weighted by atomic mass is 35.5. The highest BCUT2D eigenvalue weighted by molar-refractivity contribution is 7.93. The van der Waals surface area contributed by atoms with Gasteiger partial charge in [0.25, 0.3) is 15.6 Å². The molecule has 0 amide bonds. The summed E-state index contributed by atoms with van der Waals surface area (Å²) in [4.78, 5) is 17.8. The summed E-state index contributed by atoms with van der Waals surface area (Å²) in [5, 5.41) is 3.16. The number of nitrogens with zero attached hydrogens (tertiary/aromatic N) is 3. The molecule has 0 spiro atoms. The van der Waals surface area contributed by atoms with Gasteiger partial charge in [-0.05, 0) is 43.2 Å². The van der Waals surface area contributed by atoms with Crippen LogP contribution in [0.1, 0.15) is 37.1 Å². The van der Waals surface area contributed by atoms with E-state index in [1.165, 1.54) is 21.3 Å². The Morgan fingerprint density at radius 1 is 0.943 bits per heavy atom. The van der Waals surface area contributed by atoms with E-state index in [9.17, 15) is 13.2 Å². The van der Waals surface area contributed by atoms with Gasteiger partial charge in [0.15, 0.2) is 5.82 Å². The molecule has 0 bridgehead atoms. The van der Waals surface area contributed by atoms with Crippen molar-refractivity contribution in [2.24, 2.45) is 0 Å². The summed E-state index contributed by atoms with van der Waals surface area (Å²) in [6.07, 6.45) is 3.46. The summed E-state index contributed by atoms with van der Waals surface area (Å²) in [7, 11) is -3.98. The van der Waals surface area contributed by atoms with Crippen molar-refractivity contribution in [2.45, 2.75) is 38.0 Å². The normalized spacial score (nSPS) is 11.1. The lowest BCUT2D eigenvalue weighted by molar-refractivity contribution is 0.589. The molecular weight excluding hydrogens is 484 g/mol. The molecule has 2 aromatic carbocycles. The zero-order chi connectivity index (χ0) is 24.1. The number of para-hydroxylation sites is 1. The van der Waals surface area contributed by atoms with Crippen molar-refractivity contribution in [3.05, 3.63) is 106 Å². The van der Waals surface area contributed by atoms with E-state index in [2.05, 4.69) is 10.1 Å². The summed E-state index contributed by atoms with van der Waals surface area (Å²) in [6, 6.07) is 21.7. The molecule has 0 saturated heterocycles. The van der Waals surface area contributed by atoms with E-state index in [1.54, 1.807) is 37.3 Å². The van der Waals surface area contributed by atoms with Crippen LogP contribution in [0, 0.1) is 0 Å². The van der Waals surface area contributed by atoms with Gasteiger partial charge in [0, 0.05) is 30.4 Å². The van der Waals surface area contributed by atoms with Crippen LogP contribution in [0.2, 0.25) is 0 Å². The fraction of sp³-hybridized carbons (Fsp3) is 0.231. The van der Waals surface area contributed by atoms with Crippen LogP contribution in [0.5, 0.6) is 0 Å². The number of sulfonamides is 1. The molecule has 9 heteroatoms. The Hall–Kier alpha value is -3.36. The maximum atomic E-state index is 13.7. The minimum atomic E-state index is -3.98. The zero-order valence-corrected chi connectivity index (χ0v) is 21.3. The predicted molar refractivity (Wildman–Crippen MR) is 141 cm³/mol. The van der Waals surface area contributed by atoms with Gasteiger partial charge in [0.2, 0.25) is 0 Å². The van der Waals surface area contributed by atoms with E-state index in [0.717, 1.165) is 17.7 Å². The number of hydrogen-bond acceptors (Lipinski definition) is 4. The Kier molecular flexibility index (Phi) is 8.53. The minimum Gasteiger partial charge on any atom is -0.293 e. The van der Waals surface area contributed by atoms with Crippen molar-refractivity contribution < 1.29 is 8.42 Å². The quantitative estimate of drug-likeness (QED) is 0.351. The summed E-state index contributed by atoms with van der Waals surface area (Å²) in [5.41, 5.74) is 2.69. The van der Waals surface area contributed by atoms with Crippen LogP contribution in [0.3, 0.4) is 0 Å². The fourth-order valence-corrected chi connectivity index (χ4v) is 5.66. The molecule has 2 heterocycles. The van der Waals surface area contributed by atoms with Crippen LogP contribution in [-0.4, -0.2) is 29.7 Å². The first-order valence-corrected chi connectivity index (χ1v) is 12.8. The van der Waals surface area contributed by atoms with Gasteiger partial charge in [-0.1, -0.05) is 61.9 Å². The smallest absolute Gasteiger partial charge is 0.276 e. The molecule has 35 heavy (non-hydrogen) atoms. The monoisotopic (exact) mass is 512 g/mol. The van der Waals surface area contributed by atoms with Gasteiger partial charge < -0.3 is 0 Å². The van der Waals surface area contributed by atoms with E-state index < -0.39 is 10.0 Å². The van der Waals surface area contributed by atoms with Crippen LogP contribution in [-0.2, 0) is 22.9 Å². The predicted octanol–water partition coefficient (Wildman–Crippen LogP) is 4.74. The Morgan fingerprint density at radius 3 is 2.23 bits per heavy atom. The standard InChI is InChI=1S/C26H28N4O3S.ClH/c1-3-12-23-22(19-20-13-7-5-8-14-20)26(31)30(28-23)25-24(17-11-18-27-25)34(32,33)29(4-2)21-15-9-6-10-16-21;/h5-11,13-18,28H,3-4,12,19H2,1-2H3;1H. The Bertz CT molecular complexity index is 1420. The lowest BCUT2D eigenvalue weighted by atomic mass is 10.0. The second kappa shape index (κ2) is 11.4. The summed E-state index contributed by atoms with van der Waals surface area (Å²) < 4.78 is 30.1. The maximum absolute atomic E-state index is 13.7. The molecule has 0 saturated carbocycles. The van der Waals surface area contributed by atoms with Gasteiger partial charge in [-0.15, -0.1) is 12.4 Å². The molecule has 0 aliphatic heterocycles. The first-order valence-electron chi connectivity index (χ1n) is 11.4. The number of nitrogens with one attached hydrogen (secondary N) is 1. The van der Waals surface area contributed by atoms with E-state index in [1.807, 2.05) is 43.3 Å². The van der Waals surface area contributed by atoms with Crippen LogP contribution in [0.4, 0.5) is 5.69 Å². The third kappa shape index (κ3) is 5.33. The molecule has 1 N–H and O–H groups in total. The number of hydrogen-bond donors (Lipinski definition) is 1. The average molecular weight is 513 g/mol. The van der Waals surface area contributed by atoms with Crippen molar-refractivity contribution in [1.82, 2.24) is 14.8 Å². The zero-order valence-electron chi connectivity index (χ0n) is 19.7. The largest absolute Gasteiger partial charge is 0.293 e. The number of aromatic amines is 1. The SMILES string of the molecule is CCCc1[nH]n(-c2ncccc2S(=O)(=O)N(CC)c2ccccc2)c(=O)c1Cc1ccccc1.Cl. The molecule has 0 radical (unpaired) electrons. The molecule has 0 aliphatic carbocycles. The molecular formula is C26H29ClN4O3S. The van der Waals surface area contributed by atoms with Crippen molar-refractivity contribution in [2.75, 3.05) is 10.8 Å². The van der Waals surface area contributed by atoms with Crippen LogP contribution < -0.4 is 9.86 Å². The van der Waals surface area contributed by atoms with Crippen molar-refractivity contribution in [3.63, 3.8) is 0 Å². The van der Waals surface area contributed by atoms with Crippen LogP contribution >= 0.6 is 12.4 Å². The molecule has 0 fully saturated rings. The third-order valence-corrected chi connectivity index (χ3v) is 7.58. The summed E-state index contributed by atoms with van der Waals surface area (Å²) in [6.45, 7) is 4.05. The number of pyridine rings is 1. The molecule has 4 aromatic rings. The molecule has 0 unspecified atom stereocenters. The van der Waals surface area contributed by atoms with E-state index >= 15 is 0 Å².